The molecule has 4 heteroatoms. The van der Waals surface area contributed by atoms with Gasteiger partial charge in [-0.25, -0.2) is 0 Å². The Labute approximate surface area is 184 Å². The number of alkyl halides is 1. The lowest BCUT2D eigenvalue weighted by Crippen LogP contribution is -2.41. The first kappa shape index (κ1) is 22.5. The zero-order valence-corrected chi connectivity index (χ0v) is 19.7. The van der Waals surface area contributed by atoms with Gasteiger partial charge in [-0.3, -0.25) is 9.59 Å². The lowest BCUT2D eigenvalue weighted by molar-refractivity contribution is -0.123. The van der Waals surface area contributed by atoms with Gasteiger partial charge < -0.3 is 4.90 Å². The summed E-state index contributed by atoms with van der Waals surface area (Å²) in [6, 6.07) is 5.96. The van der Waals surface area contributed by atoms with Crippen LogP contribution >= 0.6 is 15.9 Å². The van der Waals surface area contributed by atoms with E-state index in [0.29, 0.717) is 5.91 Å². The molecule has 0 saturated heterocycles. The van der Waals surface area contributed by atoms with Crippen molar-refractivity contribution >= 4 is 33.3 Å². The van der Waals surface area contributed by atoms with E-state index in [0.717, 1.165) is 67.8 Å². The number of Topliss-reactive ketones (excluding diaryl/α,β-unsaturated/α-hetero) is 1. The Morgan fingerprint density at radius 3 is 2.59 bits per heavy atom. The van der Waals surface area contributed by atoms with Crippen LogP contribution in [-0.4, -0.2) is 23.1 Å². The zero-order chi connectivity index (χ0) is 20.8. The highest BCUT2D eigenvalue weighted by Crippen LogP contribution is 2.36. The maximum atomic E-state index is 13.3. The Kier molecular flexibility index (Phi) is 8.35. The van der Waals surface area contributed by atoms with Gasteiger partial charge in [0.15, 0.2) is 5.78 Å². The minimum absolute atomic E-state index is 0.116. The number of anilines is 1. The van der Waals surface area contributed by atoms with Gasteiger partial charge in [0.1, 0.15) is 0 Å². The summed E-state index contributed by atoms with van der Waals surface area (Å²) in [5, 5.41) is 0. The SMILES string of the molecule is CCCCC1CCC(C(=O)N2CCCc3cc(C(=O)C(Br)CCC)ccc32)CC1. The summed E-state index contributed by atoms with van der Waals surface area (Å²) >= 11 is 3.53. The predicted octanol–water partition coefficient (Wildman–Crippen LogP) is 6.71. The number of unbranched alkanes of at least 4 members (excludes halogenated alkanes) is 1. The van der Waals surface area contributed by atoms with Crippen molar-refractivity contribution in [1.29, 1.82) is 0 Å². The summed E-state index contributed by atoms with van der Waals surface area (Å²) < 4.78 is 0. The second-order valence-electron chi connectivity index (χ2n) is 8.92. The molecule has 3 nitrogen and oxygen atoms in total. The van der Waals surface area contributed by atoms with E-state index in [2.05, 4.69) is 29.8 Å². The van der Waals surface area contributed by atoms with E-state index in [9.17, 15) is 9.59 Å². The van der Waals surface area contributed by atoms with Crippen LogP contribution in [0, 0.1) is 11.8 Å². The molecule has 2 aliphatic rings. The molecule has 0 radical (unpaired) electrons. The summed E-state index contributed by atoms with van der Waals surface area (Å²) in [5.74, 6) is 1.46. The number of ketones is 1. The van der Waals surface area contributed by atoms with Gasteiger partial charge in [0.25, 0.3) is 0 Å². The monoisotopic (exact) mass is 461 g/mol. The average Bonchev–Trinajstić information content (AvgIpc) is 2.76. The Morgan fingerprint density at radius 1 is 1.14 bits per heavy atom. The van der Waals surface area contributed by atoms with Crippen LogP contribution in [0.2, 0.25) is 0 Å². The number of aryl methyl sites for hydroxylation is 1. The van der Waals surface area contributed by atoms with Crippen molar-refractivity contribution in [2.24, 2.45) is 11.8 Å². The van der Waals surface area contributed by atoms with Crippen molar-refractivity contribution in [3.8, 4) is 0 Å². The van der Waals surface area contributed by atoms with Crippen molar-refractivity contribution < 1.29 is 9.59 Å². The second-order valence-corrected chi connectivity index (χ2v) is 10.0. The van der Waals surface area contributed by atoms with Crippen LogP contribution in [0.15, 0.2) is 18.2 Å². The molecule has 1 aromatic carbocycles. The molecule has 1 heterocycles. The van der Waals surface area contributed by atoms with Crippen molar-refractivity contribution in [1.82, 2.24) is 0 Å². The predicted molar refractivity (Wildman–Crippen MR) is 124 cm³/mol. The fourth-order valence-corrected chi connectivity index (χ4v) is 5.68. The molecule has 1 amide bonds. The van der Waals surface area contributed by atoms with E-state index < -0.39 is 0 Å². The number of amides is 1. The number of rotatable bonds is 8. The van der Waals surface area contributed by atoms with Crippen LogP contribution in [0.5, 0.6) is 0 Å². The minimum Gasteiger partial charge on any atom is -0.312 e. The van der Waals surface area contributed by atoms with Gasteiger partial charge in [0.05, 0.1) is 4.83 Å². The summed E-state index contributed by atoms with van der Waals surface area (Å²) in [6.45, 7) is 5.16. The van der Waals surface area contributed by atoms with Crippen molar-refractivity contribution in [3.63, 3.8) is 0 Å². The van der Waals surface area contributed by atoms with Crippen molar-refractivity contribution in [2.75, 3.05) is 11.4 Å². The first-order chi connectivity index (χ1) is 14.0. The molecule has 29 heavy (non-hydrogen) atoms. The first-order valence-corrected chi connectivity index (χ1v) is 12.6. The largest absolute Gasteiger partial charge is 0.312 e. The summed E-state index contributed by atoms with van der Waals surface area (Å²) in [7, 11) is 0. The lowest BCUT2D eigenvalue weighted by atomic mass is 9.79. The van der Waals surface area contributed by atoms with Crippen LogP contribution in [0.4, 0.5) is 5.69 Å². The molecule has 0 N–H and O–H groups in total. The van der Waals surface area contributed by atoms with Crippen LogP contribution in [0.1, 0.15) is 94.0 Å². The molecule has 0 spiro atoms. The fourth-order valence-electron chi connectivity index (χ4n) is 4.96. The quantitative estimate of drug-likeness (QED) is 0.318. The highest BCUT2D eigenvalue weighted by Gasteiger charge is 2.32. The molecule has 1 aliphatic heterocycles. The summed E-state index contributed by atoms with van der Waals surface area (Å²) in [4.78, 5) is 27.9. The first-order valence-electron chi connectivity index (χ1n) is 11.7. The molecule has 1 saturated carbocycles. The van der Waals surface area contributed by atoms with Gasteiger partial charge in [-0.15, -0.1) is 0 Å². The fraction of sp³-hybridized carbons (Fsp3) is 0.680. The molecule has 1 fully saturated rings. The third-order valence-electron chi connectivity index (χ3n) is 6.74. The Balaban J connectivity index is 1.67. The summed E-state index contributed by atoms with van der Waals surface area (Å²) in [5.41, 5.74) is 2.96. The average molecular weight is 462 g/mol. The maximum absolute atomic E-state index is 13.3. The highest BCUT2D eigenvalue weighted by atomic mass is 79.9. The normalized spacial score (nSPS) is 22.8. The molecule has 0 bridgehead atoms. The Morgan fingerprint density at radius 2 is 1.90 bits per heavy atom. The van der Waals surface area contributed by atoms with Crippen LogP contribution in [-0.2, 0) is 11.2 Å². The van der Waals surface area contributed by atoms with Gasteiger partial charge in [-0.2, -0.15) is 0 Å². The minimum atomic E-state index is -0.116. The van der Waals surface area contributed by atoms with Gasteiger partial charge >= 0.3 is 0 Å². The molecule has 1 unspecified atom stereocenters. The lowest BCUT2D eigenvalue weighted by Gasteiger charge is -2.35. The summed E-state index contributed by atoms with van der Waals surface area (Å²) in [6.07, 6.45) is 12.2. The number of hydrogen-bond acceptors (Lipinski definition) is 2. The molecule has 3 rings (SSSR count). The molecule has 0 aromatic heterocycles. The number of fused-ring (bicyclic) bond motifs is 1. The van der Waals surface area contributed by atoms with E-state index in [1.54, 1.807) is 0 Å². The Bertz CT molecular complexity index is 709. The van der Waals surface area contributed by atoms with Gasteiger partial charge in [-0.1, -0.05) is 55.5 Å². The van der Waals surface area contributed by atoms with Crippen molar-refractivity contribution in [2.45, 2.75) is 89.3 Å². The molecule has 1 aromatic rings. The van der Waals surface area contributed by atoms with Crippen molar-refractivity contribution in [3.05, 3.63) is 29.3 Å². The van der Waals surface area contributed by atoms with Crippen LogP contribution < -0.4 is 4.90 Å². The molecular formula is C25H36BrNO2. The molecule has 160 valence electrons. The van der Waals surface area contributed by atoms with Gasteiger partial charge in [-0.05, 0) is 74.6 Å². The maximum Gasteiger partial charge on any atom is 0.230 e. The van der Waals surface area contributed by atoms with Gasteiger partial charge in [0, 0.05) is 23.7 Å². The molecular weight excluding hydrogens is 426 g/mol. The third kappa shape index (κ3) is 5.51. The van der Waals surface area contributed by atoms with E-state index in [1.807, 2.05) is 23.1 Å². The number of nitrogens with zero attached hydrogens (tertiary/aromatic N) is 1. The topological polar surface area (TPSA) is 37.4 Å². The number of carbonyl (C=O) groups excluding carboxylic acids is 2. The second kappa shape index (κ2) is 10.7. The standard InChI is InChI=1S/C25H36BrNO2/c1-3-5-8-18-10-12-19(13-11-18)25(29)27-16-6-9-20-17-21(14-15-23(20)27)24(28)22(26)7-4-2/h14-15,17-19,22H,3-13,16H2,1-2H3. The van der Waals surface area contributed by atoms with Gasteiger partial charge in [0.2, 0.25) is 5.91 Å². The highest BCUT2D eigenvalue weighted by molar-refractivity contribution is 9.10. The van der Waals surface area contributed by atoms with Crippen LogP contribution in [0.25, 0.3) is 0 Å². The Hall–Kier alpha value is -1.16. The van der Waals surface area contributed by atoms with E-state index in [-0.39, 0.29) is 16.5 Å². The smallest absolute Gasteiger partial charge is 0.230 e. The zero-order valence-electron chi connectivity index (χ0n) is 18.1. The van der Waals surface area contributed by atoms with Crippen LogP contribution in [0.3, 0.4) is 0 Å². The van der Waals surface area contributed by atoms with E-state index in [4.69, 9.17) is 0 Å². The van der Waals surface area contributed by atoms with E-state index >= 15 is 0 Å². The van der Waals surface area contributed by atoms with E-state index in [1.165, 1.54) is 32.1 Å². The molecule has 1 atom stereocenters. The number of carbonyl (C=O) groups is 2. The third-order valence-corrected chi connectivity index (χ3v) is 7.61. The number of halogens is 1. The molecule has 1 aliphatic carbocycles. The number of hydrogen-bond donors (Lipinski definition) is 0. The number of benzene rings is 1.